The monoisotopic (exact) mass is 434 g/mol. The predicted molar refractivity (Wildman–Crippen MR) is 119 cm³/mol. The van der Waals surface area contributed by atoms with Gasteiger partial charge in [-0.3, -0.25) is 4.79 Å². The molecule has 0 bridgehead atoms. The van der Waals surface area contributed by atoms with E-state index < -0.39 is 5.97 Å². The van der Waals surface area contributed by atoms with Gasteiger partial charge in [0.15, 0.2) is 5.78 Å². The number of Topliss-reactive ketones (excluding diaryl/α,β-unsaturated/α-hetero) is 1. The Morgan fingerprint density at radius 2 is 1.66 bits per heavy atom. The van der Waals surface area contributed by atoms with Gasteiger partial charge in [-0.15, -0.1) is 0 Å². The number of ether oxygens (including phenoxy) is 2. The highest BCUT2D eigenvalue weighted by Crippen LogP contribution is 2.26. The average Bonchev–Trinajstić information content (AvgIpc) is 3.34. The van der Waals surface area contributed by atoms with E-state index >= 15 is 0 Å². The molecule has 0 saturated heterocycles. The van der Waals surface area contributed by atoms with Gasteiger partial charge in [0.25, 0.3) is 0 Å². The molecule has 0 fully saturated rings. The second-order valence-electron chi connectivity index (χ2n) is 7.65. The summed E-state index contributed by atoms with van der Waals surface area (Å²) in [4.78, 5) is 25.8. The lowest BCUT2D eigenvalue weighted by Gasteiger charge is -2.11. The van der Waals surface area contributed by atoms with Gasteiger partial charge in [0.05, 0.1) is 30.8 Å². The molecule has 2 aromatic carbocycles. The van der Waals surface area contributed by atoms with E-state index in [9.17, 15) is 14.0 Å². The van der Waals surface area contributed by atoms with Crippen molar-refractivity contribution in [3.8, 4) is 11.4 Å². The molecular weight excluding hydrogens is 411 g/mol. The van der Waals surface area contributed by atoms with Crippen molar-refractivity contribution in [1.29, 1.82) is 0 Å². The van der Waals surface area contributed by atoms with Crippen LogP contribution in [-0.4, -0.2) is 34.1 Å². The summed E-state index contributed by atoms with van der Waals surface area (Å²) in [5.41, 5.74) is 2.95. The Morgan fingerprint density at radius 3 is 2.28 bits per heavy atom. The number of carbonyl (C=O) groups is 2. The van der Waals surface area contributed by atoms with Crippen LogP contribution in [0.1, 0.15) is 34.7 Å². The zero-order valence-corrected chi connectivity index (χ0v) is 18.0. The number of ketones is 1. The summed E-state index contributed by atoms with van der Waals surface area (Å²) in [6.07, 6.45) is 1.52. The van der Waals surface area contributed by atoms with Crippen molar-refractivity contribution >= 4 is 22.8 Å². The van der Waals surface area contributed by atoms with Crippen LogP contribution in [0.3, 0.4) is 0 Å². The fourth-order valence-corrected chi connectivity index (χ4v) is 3.60. The van der Waals surface area contributed by atoms with Crippen molar-refractivity contribution in [2.45, 2.75) is 26.5 Å². The molecule has 0 unspecified atom stereocenters. The largest absolute Gasteiger partial charge is 0.497 e. The Labute approximate surface area is 184 Å². The lowest BCUT2D eigenvalue weighted by atomic mass is 10.1. The lowest BCUT2D eigenvalue weighted by molar-refractivity contribution is 0.0366. The third-order valence-corrected chi connectivity index (χ3v) is 5.13. The summed E-state index contributed by atoms with van der Waals surface area (Å²) >= 11 is 0. The molecule has 4 aromatic rings. The van der Waals surface area contributed by atoms with Gasteiger partial charge >= 0.3 is 5.97 Å². The Morgan fingerprint density at radius 1 is 0.969 bits per heavy atom. The SMILES string of the molecule is COc1ccc(C(=O)Cn2c(C(=O)OC(C)C)cc3c2ccn3-c2ccc(F)cc2)cc1. The van der Waals surface area contributed by atoms with E-state index in [4.69, 9.17) is 9.47 Å². The highest BCUT2D eigenvalue weighted by Gasteiger charge is 2.22. The smallest absolute Gasteiger partial charge is 0.355 e. The number of esters is 1. The highest BCUT2D eigenvalue weighted by molar-refractivity contribution is 6.00. The van der Waals surface area contributed by atoms with Crippen molar-refractivity contribution in [1.82, 2.24) is 9.13 Å². The van der Waals surface area contributed by atoms with Gasteiger partial charge in [0.2, 0.25) is 0 Å². The molecule has 0 amide bonds. The summed E-state index contributed by atoms with van der Waals surface area (Å²) in [5.74, 6) is -0.342. The summed E-state index contributed by atoms with van der Waals surface area (Å²) in [6.45, 7) is 3.50. The molecular formula is C25H23FN2O4. The van der Waals surface area contributed by atoms with E-state index in [2.05, 4.69) is 0 Å². The fraction of sp³-hybridized carbons (Fsp3) is 0.200. The molecule has 4 rings (SSSR count). The van der Waals surface area contributed by atoms with Gasteiger partial charge in [0, 0.05) is 17.4 Å². The maximum Gasteiger partial charge on any atom is 0.355 e. The lowest BCUT2D eigenvalue weighted by Crippen LogP contribution is -2.19. The molecule has 0 N–H and O–H groups in total. The van der Waals surface area contributed by atoms with Gasteiger partial charge in [-0.25, -0.2) is 9.18 Å². The standard InChI is InChI=1S/C25H23FN2O4/c1-16(2)32-25(30)23-14-22-21(12-13-27(22)19-8-6-18(26)7-9-19)28(23)15-24(29)17-4-10-20(31-3)11-5-17/h4-14,16H,15H2,1-3H3. The minimum Gasteiger partial charge on any atom is -0.497 e. The molecule has 0 aliphatic rings. The first-order valence-corrected chi connectivity index (χ1v) is 10.2. The molecule has 32 heavy (non-hydrogen) atoms. The minimum absolute atomic E-state index is 0.0359. The second-order valence-corrected chi connectivity index (χ2v) is 7.65. The van der Waals surface area contributed by atoms with Crippen molar-refractivity contribution in [3.63, 3.8) is 0 Å². The number of nitrogens with zero attached hydrogens (tertiary/aromatic N) is 2. The summed E-state index contributed by atoms with van der Waals surface area (Å²) in [5, 5.41) is 0. The molecule has 164 valence electrons. The van der Waals surface area contributed by atoms with Crippen LogP contribution in [0.15, 0.2) is 66.9 Å². The van der Waals surface area contributed by atoms with Crippen molar-refractivity contribution in [2.75, 3.05) is 7.11 Å². The van der Waals surface area contributed by atoms with Crippen molar-refractivity contribution in [3.05, 3.63) is 83.9 Å². The van der Waals surface area contributed by atoms with Crippen molar-refractivity contribution in [2.24, 2.45) is 0 Å². The second kappa shape index (κ2) is 8.70. The third-order valence-electron chi connectivity index (χ3n) is 5.13. The summed E-state index contributed by atoms with van der Waals surface area (Å²) < 4.78 is 27.4. The molecule has 7 heteroatoms. The Bertz CT molecular complexity index is 1270. The molecule has 0 atom stereocenters. The number of hydrogen-bond donors (Lipinski definition) is 0. The van der Waals surface area contributed by atoms with E-state index in [1.165, 1.54) is 12.1 Å². The average molecular weight is 434 g/mol. The van der Waals surface area contributed by atoms with Crippen LogP contribution in [0.2, 0.25) is 0 Å². The van der Waals surface area contributed by atoms with Crippen LogP contribution in [-0.2, 0) is 11.3 Å². The molecule has 6 nitrogen and oxygen atoms in total. The van der Waals surface area contributed by atoms with Crippen LogP contribution < -0.4 is 4.74 Å². The van der Waals surface area contributed by atoms with E-state index in [0.29, 0.717) is 16.8 Å². The Hall–Kier alpha value is -3.87. The number of aromatic nitrogens is 2. The van der Waals surface area contributed by atoms with Gasteiger partial charge in [-0.2, -0.15) is 0 Å². The van der Waals surface area contributed by atoms with Crippen LogP contribution in [0.5, 0.6) is 5.75 Å². The molecule has 0 aliphatic carbocycles. The van der Waals surface area contributed by atoms with E-state index in [1.54, 1.807) is 68.0 Å². The number of rotatable bonds is 7. The quantitative estimate of drug-likeness (QED) is 0.302. The maximum atomic E-state index is 13.4. The Balaban J connectivity index is 1.77. The van der Waals surface area contributed by atoms with Gasteiger partial charge < -0.3 is 18.6 Å². The summed E-state index contributed by atoms with van der Waals surface area (Å²) in [7, 11) is 1.56. The van der Waals surface area contributed by atoms with Gasteiger partial charge in [0.1, 0.15) is 17.3 Å². The van der Waals surface area contributed by atoms with Crippen LogP contribution in [0, 0.1) is 5.82 Å². The topological polar surface area (TPSA) is 62.5 Å². The first kappa shape index (κ1) is 21.4. The number of fused-ring (bicyclic) bond motifs is 1. The van der Waals surface area contributed by atoms with Crippen LogP contribution in [0.25, 0.3) is 16.7 Å². The van der Waals surface area contributed by atoms with E-state index in [1.807, 2.05) is 16.8 Å². The highest BCUT2D eigenvalue weighted by atomic mass is 19.1. The number of methoxy groups -OCH3 is 1. The summed E-state index contributed by atoms with van der Waals surface area (Å²) in [6, 6.07) is 16.4. The first-order valence-electron chi connectivity index (χ1n) is 10.2. The number of halogens is 1. The fourth-order valence-electron chi connectivity index (χ4n) is 3.60. The van der Waals surface area contributed by atoms with E-state index in [0.717, 1.165) is 11.2 Å². The molecule has 0 spiro atoms. The first-order chi connectivity index (χ1) is 15.4. The van der Waals surface area contributed by atoms with Gasteiger partial charge in [-0.1, -0.05) is 0 Å². The van der Waals surface area contributed by atoms with E-state index in [-0.39, 0.29) is 29.9 Å². The predicted octanol–water partition coefficient (Wildman–Crippen LogP) is 5.03. The number of hydrogen-bond acceptors (Lipinski definition) is 4. The molecule has 2 heterocycles. The maximum absolute atomic E-state index is 13.4. The van der Waals surface area contributed by atoms with Crippen molar-refractivity contribution < 1.29 is 23.5 Å². The van der Waals surface area contributed by atoms with Crippen LogP contribution >= 0.6 is 0 Å². The Kier molecular flexibility index (Phi) is 5.81. The number of carbonyl (C=O) groups excluding carboxylic acids is 2. The zero-order valence-electron chi connectivity index (χ0n) is 18.0. The molecule has 0 radical (unpaired) electrons. The normalized spacial score (nSPS) is 11.2. The minimum atomic E-state index is -0.510. The van der Waals surface area contributed by atoms with Crippen LogP contribution in [0.4, 0.5) is 4.39 Å². The molecule has 0 saturated carbocycles. The molecule has 0 aliphatic heterocycles. The third kappa shape index (κ3) is 4.14. The molecule has 2 aromatic heterocycles. The zero-order chi connectivity index (χ0) is 22.8. The van der Waals surface area contributed by atoms with Gasteiger partial charge in [-0.05, 0) is 74.5 Å². The number of benzene rings is 2.